The molecule has 130 valence electrons. The minimum absolute atomic E-state index is 0.0593. The number of rotatable bonds is 5. The Kier molecular flexibility index (Phi) is 4.71. The Morgan fingerprint density at radius 2 is 2.04 bits per heavy atom. The maximum absolute atomic E-state index is 13.6. The third kappa shape index (κ3) is 3.22. The first-order valence-electron chi connectivity index (χ1n) is 7.93. The van der Waals surface area contributed by atoms with Gasteiger partial charge in [0.05, 0.1) is 18.9 Å². The van der Waals surface area contributed by atoms with Gasteiger partial charge < -0.3 is 9.57 Å². The molecule has 24 heavy (non-hydrogen) atoms. The number of allylic oxidation sites excluding steroid dienone is 1. The highest BCUT2D eigenvalue weighted by Crippen LogP contribution is 2.45. The molecule has 6 heteroatoms. The van der Waals surface area contributed by atoms with Gasteiger partial charge in [-0.25, -0.2) is 8.78 Å². The lowest BCUT2D eigenvalue weighted by atomic mass is 9.78. The number of hydrogen-bond donors (Lipinski definition) is 0. The molecule has 3 unspecified atom stereocenters. The molecule has 0 amide bonds. The van der Waals surface area contributed by atoms with Gasteiger partial charge in [-0.2, -0.15) is 0 Å². The van der Waals surface area contributed by atoms with Crippen molar-refractivity contribution in [2.45, 2.75) is 44.6 Å². The topological polar surface area (TPSA) is 30.8 Å². The maximum atomic E-state index is 13.6. The summed E-state index contributed by atoms with van der Waals surface area (Å²) < 4.78 is 32.8. The summed E-state index contributed by atoms with van der Waals surface area (Å²) in [5, 5.41) is 6.77. The molecule has 0 spiro atoms. The van der Waals surface area contributed by atoms with E-state index in [1.165, 1.54) is 18.2 Å². The molecule has 0 aliphatic carbocycles. The predicted octanol–water partition coefficient (Wildman–Crippen LogP) is 4.67. The Labute approximate surface area is 145 Å². The van der Waals surface area contributed by atoms with Crippen LogP contribution in [0.25, 0.3) is 0 Å². The highest BCUT2D eigenvalue weighted by Gasteiger charge is 2.45. The van der Waals surface area contributed by atoms with Crippen LogP contribution < -0.4 is 0 Å². The van der Waals surface area contributed by atoms with Crippen LogP contribution in [0.15, 0.2) is 34.8 Å². The minimum atomic E-state index is -0.610. The van der Waals surface area contributed by atoms with Gasteiger partial charge in [0.2, 0.25) is 0 Å². The number of thioether (sulfide) groups is 1. The fourth-order valence-corrected chi connectivity index (χ4v) is 3.99. The van der Waals surface area contributed by atoms with Gasteiger partial charge in [-0.05, 0) is 31.4 Å². The number of nitrogens with zero attached hydrogens (tertiary/aromatic N) is 1. The molecule has 0 saturated heterocycles. The Bertz CT molecular complexity index is 673. The SMILES string of the molecule is CC1SC=CC1(C)C1=NOC(C)(COCc2c(F)cccc2F)C1. The van der Waals surface area contributed by atoms with Crippen molar-refractivity contribution in [3.8, 4) is 0 Å². The van der Waals surface area contributed by atoms with Gasteiger partial charge in [-0.1, -0.05) is 24.2 Å². The average molecular weight is 353 g/mol. The number of benzene rings is 1. The summed E-state index contributed by atoms with van der Waals surface area (Å²) in [7, 11) is 0. The van der Waals surface area contributed by atoms with Crippen molar-refractivity contribution in [1.29, 1.82) is 0 Å². The van der Waals surface area contributed by atoms with Crippen LogP contribution in [0.4, 0.5) is 8.78 Å². The van der Waals surface area contributed by atoms with Gasteiger partial charge in [0.15, 0.2) is 5.60 Å². The van der Waals surface area contributed by atoms with E-state index in [0.717, 1.165) is 5.71 Å². The molecule has 0 bridgehead atoms. The summed E-state index contributed by atoms with van der Waals surface area (Å²) in [5.41, 5.74) is 0.191. The quantitative estimate of drug-likeness (QED) is 0.771. The van der Waals surface area contributed by atoms with Crippen LogP contribution in [0.2, 0.25) is 0 Å². The van der Waals surface area contributed by atoms with Gasteiger partial charge >= 0.3 is 0 Å². The molecule has 3 rings (SSSR count). The Hall–Kier alpha value is -1.40. The van der Waals surface area contributed by atoms with E-state index in [2.05, 4.69) is 30.5 Å². The van der Waals surface area contributed by atoms with Gasteiger partial charge in [-0.3, -0.25) is 0 Å². The van der Waals surface area contributed by atoms with Crippen LogP contribution in [-0.2, 0) is 16.2 Å². The lowest BCUT2D eigenvalue weighted by Crippen LogP contribution is -2.37. The van der Waals surface area contributed by atoms with E-state index in [4.69, 9.17) is 9.57 Å². The number of hydrogen-bond acceptors (Lipinski definition) is 4. The highest BCUT2D eigenvalue weighted by atomic mass is 32.2. The number of halogens is 2. The summed E-state index contributed by atoms with van der Waals surface area (Å²) in [6, 6.07) is 3.79. The first-order chi connectivity index (χ1) is 11.3. The lowest BCUT2D eigenvalue weighted by molar-refractivity contribution is -0.0716. The monoisotopic (exact) mass is 353 g/mol. The van der Waals surface area contributed by atoms with Crippen molar-refractivity contribution < 1.29 is 18.4 Å². The molecule has 0 N–H and O–H groups in total. The van der Waals surface area contributed by atoms with Crippen molar-refractivity contribution in [3.05, 3.63) is 46.9 Å². The fraction of sp³-hybridized carbons (Fsp3) is 0.500. The van der Waals surface area contributed by atoms with E-state index < -0.39 is 17.2 Å². The molecule has 0 fully saturated rings. The van der Waals surface area contributed by atoms with Crippen LogP contribution >= 0.6 is 11.8 Å². The third-order valence-corrected chi connectivity index (χ3v) is 5.99. The normalized spacial score (nSPS) is 32.0. The van der Waals surface area contributed by atoms with Gasteiger partial charge in [-0.15, -0.1) is 11.8 Å². The largest absolute Gasteiger partial charge is 0.387 e. The standard InChI is InChI=1S/C18H21F2NO2S/c1-12-18(3,7-8-24-12)16-9-17(2,23-21-16)11-22-10-13-14(19)5-4-6-15(13)20/h4-8,12H,9-11H2,1-3H3. The first-order valence-corrected chi connectivity index (χ1v) is 8.88. The Balaban J connectivity index is 1.58. The second-order valence-electron chi connectivity index (χ2n) is 6.81. The summed E-state index contributed by atoms with van der Waals surface area (Å²) in [5.74, 6) is -1.20. The van der Waals surface area contributed by atoms with Crippen LogP contribution in [-0.4, -0.2) is 23.2 Å². The molecule has 1 aromatic carbocycles. The predicted molar refractivity (Wildman–Crippen MR) is 91.9 cm³/mol. The van der Waals surface area contributed by atoms with E-state index >= 15 is 0 Å². The maximum Gasteiger partial charge on any atom is 0.163 e. The molecule has 0 saturated carbocycles. The number of ether oxygens (including phenoxy) is 1. The molecular weight excluding hydrogens is 332 g/mol. The molecule has 0 radical (unpaired) electrons. The van der Waals surface area contributed by atoms with Gasteiger partial charge in [0.25, 0.3) is 0 Å². The van der Waals surface area contributed by atoms with E-state index in [-0.39, 0.29) is 24.2 Å². The average Bonchev–Trinajstić information content (AvgIpc) is 3.08. The Morgan fingerprint density at radius 1 is 1.33 bits per heavy atom. The van der Waals surface area contributed by atoms with E-state index in [1.807, 2.05) is 6.92 Å². The summed E-state index contributed by atoms with van der Waals surface area (Å²) in [4.78, 5) is 5.61. The molecular formula is C18H21F2NO2S. The molecule has 3 atom stereocenters. The molecule has 0 aromatic heterocycles. The Morgan fingerprint density at radius 3 is 2.67 bits per heavy atom. The van der Waals surface area contributed by atoms with Crippen LogP contribution in [0.3, 0.4) is 0 Å². The number of oxime groups is 1. The molecule has 2 heterocycles. The first kappa shape index (κ1) is 17.4. The van der Waals surface area contributed by atoms with Crippen LogP contribution in [0, 0.1) is 17.0 Å². The smallest absolute Gasteiger partial charge is 0.163 e. The van der Waals surface area contributed by atoms with E-state index in [0.29, 0.717) is 11.7 Å². The van der Waals surface area contributed by atoms with Crippen molar-refractivity contribution in [1.82, 2.24) is 0 Å². The molecule has 2 aliphatic rings. The van der Waals surface area contributed by atoms with Crippen LogP contribution in [0.1, 0.15) is 32.8 Å². The van der Waals surface area contributed by atoms with Gasteiger partial charge in [0, 0.05) is 22.6 Å². The minimum Gasteiger partial charge on any atom is -0.387 e. The zero-order valence-corrected chi connectivity index (χ0v) is 14.8. The third-order valence-electron chi connectivity index (χ3n) is 4.80. The van der Waals surface area contributed by atoms with Crippen molar-refractivity contribution in [3.63, 3.8) is 0 Å². The van der Waals surface area contributed by atoms with E-state index in [9.17, 15) is 8.78 Å². The molecule has 3 nitrogen and oxygen atoms in total. The summed E-state index contributed by atoms with van der Waals surface area (Å²) >= 11 is 1.78. The molecule has 1 aromatic rings. The second kappa shape index (κ2) is 6.48. The van der Waals surface area contributed by atoms with Crippen molar-refractivity contribution in [2.75, 3.05) is 6.61 Å². The van der Waals surface area contributed by atoms with Crippen molar-refractivity contribution in [2.24, 2.45) is 10.6 Å². The molecule has 2 aliphatic heterocycles. The van der Waals surface area contributed by atoms with Crippen molar-refractivity contribution >= 4 is 17.5 Å². The van der Waals surface area contributed by atoms with Crippen LogP contribution in [0.5, 0.6) is 0 Å². The zero-order valence-electron chi connectivity index (χ0n) is 14.0. The lowest BCUT2D eigenvalue weighted by Gasteiger charge is -2.28. The summed E-state index contributed by atoms with van der Waals surface area (Å²) in [6.07, 6.45) is 2.80. The highest BCUT2D eigenvalue weighted by molar-refractivity contribution is 8.03. The fourth-order valence-electron chi connectivity index (χ4n) is 2.90. The second-order valence-corrected chi connectivity index (χ2v) is 8.06. The zero-order chi connectivity index (χ0) is 17.4. The summed E-state index contributed by atoms with van der Waals surface area (Å²) in [6.45, 7) is 6.31. The van der Waals surface area contributed by atoms with E-state index in [1.54, 1.807) is 11.8 Å². The van der Waals surface area contributed by atoms with Gasteiger partial charge in [0.1, 0.15) is 11.6 Å².